The average Bonchev–Trinajstić information content (AvgIpc) is 3.21. The lowest BCUT2D eigenvalue weighted by Gasteiger charge is -2.08. The van der Waals surface area contributed by atoms with Crippen molar-refractivity contribution in [3.63, 3.8) is 0 Å². The van der Waals surface area contributed by atoms with Crippen LogP contribution < -0.4 is 5.32 Å². The molecule has 0 radical (unpaired) electrons. The number of aromatic nitrogens is 3. The molecule has 0 aliphatic carbocycles. The summed E-state index contributed by atoms with van der Waals surface area (Å²) in [6.07, 6.45) is 5.40. The van der Waals surface area contributed by atoms with Crippen LogP contribution in [0.5, 0.6) is 0 Å². The number of thiazole rings is 1. The van der Waals surface area contributed by atoms with Crippen molar-refractivity contribution in [1.82, 2.24) is 14.5 Å². The lowest BCUT2D eigenvalue weighted by molar-refractivity contribution is 0.101. The fraction of sp³-hybridized carbons (Fsp3) is 0.0556. The Bertz CT molecular complexity index is 957. The predicted molar refractivity (Wildman–Crippen MR) is 95.3 cm³/mol. The van der Waals surface area contributed by atoms with Gasteiger partial charge in [-0.1, -0.05) is 23.5 Å². The minimum Gasteiger partial charge on any atom is -0.339 e. The molecular formula is C18H14N4OS. The van der Waals surface area contributed by atoms with Crippen LogP contribution in [0, 0.1) is 0 Å². The minimum atomic E-state index is -0.159. The largest absolute Gasteiger partial charge is 0.339 e. The third-order valence-electron chi connectivity index (χ3n) is 3.68. The molecular weight excluding hydrogens is 320 g/mol. The van der Waals surface area contributed by atoms with Gasteiger partial charge in [-0.15, -0.1) is 0 Å². The smallest absolute Gasteiger partial charge is 0.274 e. The van der Waals surface area contributed by atoms with Crippen molar-refractivity contribution in [2.75, 3.05) is 5.32 Å². The lowest BCUT2D eigenvalue weighted by Crippen LogP contribution is -2.17. The highest BCUT2D eigenvalue weighted by Crippen LogP contribution is 2.25. The Morgan fingerprint density at radius 3 is 2.75 bits per heavy atom. The van der Waals surface area contributed by atoms with Crippen LogP contribution >= 0.6 is 11.3 Å². The molecule has 1 aromatic carbocycles. The van der Waals surface area contributed by atoms with Crippen molar-refractivity contribution in [3.8, 4) is 0 Å². The number of fused-ring (bicyclic) bond motifs is 1. The summed E-state index contributed by atoms with van der Waals surface area (Å²) in [4.78, 5) is 21.0. The van der Waals surface area contributed by atoms with Gasteiger partial charge in [-0.2, -0.15) is 0 Å². The van der Waals surface area contributed by atoms with E-state index in [1.807, 2.05) is 59.3 Å². The van der Waals surface area contributed by atoms with Crippen molar-refractivity contribution < 1.29 is 4.79 Å². The van der Waals surface area contributed by atoms with Crippen molar-refractivity contribution in [2.45, 2.75) is 6.54 Å². The zero-order valence-corrected chi connectivity index (χ0v) is 13.5. The summed E-state index contributed by atoms with van der Waals surface area (Å²) in [5, 5.41) is 3.50. The molecule has 3 aromatic heterocycles. The average molecular weight is 334 g/mol. The normalized spacial score (nSPS) is 10.8. The van der Waals surface area contributed by atoms with Gasteiger partial charge in [0.1, 0.15) is 5.69 Å². The second-order valence-electron chi connectivity index (χ2n) is 5.32. The van der Waals surface area contributed by atoms with Crippen molar-refractivity contribution >= 4 is 32.6 Å². The van der Waals surface area contributed by atoms with Crippen LogP contribution in [0.4, 0.5) is 5.13 Å². The zero-order chi connectivity index (χ0) is 16.4. The third kappa shape index (κ3) is 2.91. The first-order valence-corrected chi connectivity index (χ1v) is 8.32. The highest BCUT2D eigenvalue weighted by atomic mass is 32.1. The molecule has 4 rings (SSSR count). The topological polar surface area (TPSA) is 59.8 Å². The maximum atomic E-state index is 12.6. The molecule has 5 nitrogen and oxygen atoms in total. The maximum Gasteiger partial charge on any atom is 0.274 e. The van der Waals surface area contributed by atoms with Crippen LogP contribution in [0.25, 0.3) is 10.2 Å². The Labute approximate surface area is 142 Å². The number of nitrogens with one attached hydrogen (secondary N) is 1. The molecule has 0 aliphatic heterocycles. The van der Waals surface area contributed by atoms with Gasteiger partial charge in [0.05, 0.1) is 10.2 Å². The number of para-hydroxylation sites is 1. The van der Waals surface area contributed by atoms with Crippen LogP contribution in [-0.4, -0.2) is 20.4 Å². The van der Waals surface area contributed by atoms with Crippen molar-refractivity contribution in [3.05, 3.63) is 78.4 Å². The molecule has 0 fully saturated rings. The number of rotatable bonds is 4. The Kier molecular flexibility index (Phi) is 3.80. The van der Waals surface area contributed by atoms with Crippen LogP contribution in [-0.2, 0) is 6.54 Å². The van der Waals surface area contributed by atoms with E-state index in [0.717, 1.165) is 15.8 Å². The fourth-order valence-corrected chi connectivity index (χ4v) is 3.39. The summed E-state index contributed by atoms with van der Waals surface area (Å²) in [6, 6.07) is 15.4. The molecule has 0 saturated carbocycles. The molecule has 0 unspecified atom stereocenters. The molecule has 24 heavy (non-hydrogen) atoms. The van der Waals surface area contributed by atoms with Gasteiger partial charge in [0.2, 0.25) is 0 Å². The SMILES string of the molecule is O=C(Nc1nc2ccccc2s1)c1cccn1Cc1ccncc1. The first-order valence-electron chi connectivity index (χ1n) is 7.50. The van der Waals surface area contributed by atoms with E-state index in [9.17, 15) is 4.79 Å². The molecule has 1 amide bonds. The molecule has 6 heteroatoms. The van der Waals surface area contributed by atoms with Crippen LogP contribution in [0.1, 0.15) is 16.1 Å². The molecule has 0 saturated heterocycles. The monoisotopic (exact) mass is 334 g/mol. The van der Waals surface area contributed by atoms with E-state index in [1.165, 1.54) is 11.3 Å². The molecule has 0 bridgehead atoms. The fourth-order valence-electron chi connectivity index (χ4n) is 2.53. The molecule has 4 aromatic rings. The summed E-state index contributed by atoms with van der Waals surface area (Å²) in [5.41, 5.74) is 2.59. The number of benzene rings is 1. The van der Waals surface area contributed by atoms with Gasteiger partial charge >= 0.3 is 0 Å². The van der Waals surface area contributed by atoms with Crippen LogP contribution in [0.3, 0.4) is 0 Å². The Hall–Kier alpha value is -2.99. The number of amides is 1. The quantitative estimate of drug-likeness (QED) is 0.617. The molecule has 0 aliphatic rings. The highest BCUT2D eigenvalue weighted by molar-refractivity contribution is 7.22. The van der Waals surface area contributed by atoms with Crippen molar-refractivity contribution in [2.24, 2.45) is 0 Å². The predicted octanol–water partition coefficient (Wildman–Crippen LogP) is 3.79. The van der Waals surface area contributed by atoms with E-state index in [0.29, 0.717) is 17.4 Å². The minimum absolute atomic E-state index is 0.159. The van der Waals surface area contributed by atoms with Gasteiger partial charge in [0, 0.05) is 25.1 Å². The number of carbonyl (C=O) groups is 1. The Morgan fingerprint density at radius 2 is 1.92 bits per heavy atom. The summed E-state index contributed by atoms with van der Waals surface area (Å²) >= 11 is 1.47. The summed E-state index contributed by atoms with van der Waals surface area (Å²) < 4.78 is 2.97. The van der Waals surface area contributed by atoms with Crippen LogP contribution in [0.15, 0.2) is 67.1 Å². The highest BCUT2D eigenvalue weighted by Gasteiger charge is 2.13. The number of hydrogen-bond acceptors (Lipinski definition) is 4. The third-order valence-corrected chi connectivity index (χ3v) is 4.63. The van der Waals surface area contributed by atoms with Crippen LogP contribution in [0.2, 0.25) is 0 Å². The van der Waals surface area contributed by atoms with Gasteiger partial charge in [0.25, 0.3) is 5.91 Å². The maximum absolute atomic E-state index is 12.6. The number of hydrogen-bond donors (Lipinski definition) is 1. The number of carbonyl (C=O) groups excluding carboxylic acids is 1. The number of anilines is 1. The zero-order valence-electron chi connectivity index (χ0n) is 12.7. The molecule has 1 N–H and O–H groups in total. The number of nitrogens with zero attached hydrogens (tertiary/aromatic N) is 3. The standard InChI is InChI=1S/C18H14N4OS/c23-17(21-18-20-14-4-1-2-6-16(14)24-18)15-5-3-11-22(15)12-13-7-9-19-10-8-13/h1-11H,12H2,(H,20,21,23). The van der Waals surface area contributed by atoms with Gasteiger partial charge in [-0.05, 0) is 42.0 Å². The number of pyridine rings is 1. The van der Waals surface area contributed by atoms with E-state index < -0.39 is 0 Å². The molecule has 3 heterocycles. The van der Waals surface area contributed by atoms with E-state index in [-0.39, 0.29) is 5.91 Å². The van der Waals surface area contributed by atoms with Gasteiger partial charge in [0.15, 0.2) is 5.13 Å². The van der Waals surface area contributed by atoms with Gasteiger partial charge < -0.3 is 4.57 Å². The molecule has 0 atom stereocenters. The van der Waals surface area contributed by atoms with E-state index in [4.69, 9.17) is 0 Å². The second-order valence-corrected chi connectivity index (χ2v) is 6.35. The first-order chi connectivity index (χ1) is 11.8. The second kappa shape index (κ2) is 6.25. The van der Waals surface area contributed by atoms with E-state index in [1.54, 1.807) is 12.4 Å². The molecule has 118 valence electrons. The Balaban J connectivity index is 1.55. The summed E-state index contributed by atoms with van der Waals surface area (Å²) in [6.45, 7) is 0.623. The first kappa shape index (κ1) is 14.6. The van der Waals surface area contributed by atoms with E-state index >= 15 is 0 Å². The summed E-state index contributed by atoms with van der Waals surface area (Å²) in [7, 11) is 0. The molecule has 0 spiro atoms. The van der Waals surface area contributed by atoms with Crippen molar-refractivity contribution in [1.29, 1.82) is 0 Å². The van der Waals surface area contributed by atoms with Gasteiger partial charge in [-0.25, -0.2) is 4.98 Å². The Morgan fingerprint density at radius 1 is 1.08 bits per heavy atom. The van der Waals surface area contributed by atoms with E-state index in [2.05, 4.69) is 15.3 Å². The lowest BCUT2D eigenvalue weighted by atomic mass is 10.2. The summed E-state index contributed by atoms with van der Waals surface area (Å²) in [5.74, 6) is -0.159. The van der Waals surface area contributed by atoms with Gasteiger partial charge in [-0.3, -0.25) is 15.1 Å².